The van der Waals surface area contributed by atoms with E-state index in [0.29, 0.717) is 22.8 Å². The lowest BCUT2D eigenvalue weighted by molar-refractivity contribution is 0.103. The molecule has 1 aliphatic heterocycles. The number of hydrogen-bond acceptors (Lipinski definition) is 6. The highest BCUT2D eigenvalue weighted by Gasteiger charge is 2.27. The van der Waals surface area contributed by atoms with Gasteiger partial charge in [-0.05, 0) is 30.0 Å². The van der Waals surface area contributed by atoms with Crippen molar-refractivity contribution in [3.8, 4) is 0 Å². The maximum atomic E-state index is 11.9. The number of sulfone groups is 1. The van der Waals surface area contributed by atoms with Gasteiger partial charge in [-0.1, -0.05) is 6.07 Å². The highest BCUT2D eigenvalue weighted by Crippen LogP contribution is 2.18. The zero-order chi connectivity index (χ0) is 15.6. The highest BCUT2D eigenvalue weighted by atomic mass is 32.2. The number of anilines is 2. The molecule has 2 aromatic rings. The first-order valence-corrected chi connectivity index (χ1v) is 9.50. The van der Waals surface area contributed by atoms with Crippen molar-refractivity contribution in [2.45, 2.75) is 12.5 Å². The van der Waals surface area contributed by atoms with Gasteiger partial charge >= 0.3 is 0 Å². The number of rotatable bonds is 4. The van der Waals surface area contributed by atoms with Crippen molar-refractivity contribution in [1.82, 2.24) is 4.98 Å². The molecule has 8 heteroatoms. The summed E-state index contributed by atoms with van der Waals surface area (Å²) >= 11 is 1.37. The van der Waals surface area contributed by atoms with Crippen molar-refractivity contribution in [1.29, 1.82) is 0 Å². The SMILES string of the molecule is O=C(Nc1ccc(NC2CCS(=O)(=O)C2)nc1)c1cccs1. The number of pyridine rings is 1. The zero-order valence-corrected chi connectivity index (χ0v) is 13.3. The number of carbonyl (C=O) groups excluding carboxylic acids is 1. The first-order chi connectivity index (χ1) is 10.5. The number of thiophene rings is 1. The molecule has 1 atom stereocenters. The minimum atomic E-state index is -2.91. The van der Waals surface area contributed by atoms with Gasteiger partial charge < -0.3 is 10.6 Å². The molecule has 0 spiro atoms. The number of amides is 1. The normalized spacial score (nSPS) is 19.7. The largest absolute Gasteiger partial charge is 0.366 e. The summed E-state index contributed by atoms with van der Waals surface area (Å²) < 4.78 is 22.8. The van der Waals surface area contributed by atoms with Gasteiger partial charge in [-0.15, -0.1) is 11.3 Å². The summed E-state index contributed by atoms with van der Waals surface area (Å²) in [4.78, 5) is 16.7. The number of aromatic nitrogens is 1. The number of hydrogen-bond donors (Lipinski definition) is 2. The average Bonchev–Trinajstić information content (AvgIpc) is 3.11. The third-order valence-electron chi connectivity index (χ3n) is 3.35. The van der Waals surface area contributed by atoms with Crippen LogP contribution in [0.3, 0.4) is 0 Å². The van der Waals surface area contributed by atoms with E-state index >= 15 is 0 Å². The van der Waals surface area contributed by atoms with Gasteiger partial charge in [0.2, 0.25) is 0 Å². The van der Waals surface area contributed by atoms with E-state index in [2.05, 4.69) is 15.6 Å². The van der Waals surface area contributed by atoms with Gasteiger partial charge in [-0.2, -0.15) is 0 Å². The van der Waals surface area contributed by atoms with Gasteiger partial charge in [0, 0.05) is 6.04 Å². The van der Waals surface area contributed by atoms with E-state index in [1.165, 1.54) is 11.3 Å². The molecule has 116 valence electrons. The number of nitrogens with zero attached hydrogens (tertiary/aromatic N) is 1. The number of nitrogens with one attached hydrogen (secondary N) is 2. The molecule has 3 heterocycles. The van der Waals surface area contributed by atoms with E-state index in [1.54, 1.807) is 24.4 Å². The molecular weight excluding hydrogens is 322 g/mol. The van der Waals surface area contributed by atoms with Crippen LogP contribution in [-0.4, -0.2) is 36.9 Å². The maximum absolute atomic E-state index is 11.9. The summed E-state index contributed by atoms with van der Waals surface area (Å²) in [5, 5.41) is 7.71. The topological polar surface area (TPSA) is 88.2 Å². The van der Waals surface area contributed by atoms with Crippen LogP contribution in [0.5, 0.6) is 0 Å². The van der Waals surface area contributed by atoms with Crippen molar-refractivity contribution < 1.29 is 13.2 Å². The van der Waals surface area contributed by atoms with E-state index in [9.17, 15) is 13.2 Å². The molecule has 0 radical (unpaired) electrons. The van der Waals surface area contributed by atoms with Crippen LogP contribution in [0.2, 0.25) is 0 Å². The smallest absolute Gasteiger partial charge is 0.265 e. The zero-order valence-electron chi connectivity index (χ0n) is 11.7. The van der Waals surface area contributed by atoms with Gasteiger partial charge in [0.1, 0.15) is 5.82 Å². The quantitative estimate of drug-likeness (QED) is 0.891. The van der Waals surface area contributed by atoms with E-state index in [-0.39, 0.29) is 23.5 Å². The lowest BCUT2D eigenvalue weighted by Crippen LogP contribution is -2.21. The predicted molar refractivity (Wildman–Crippen MR) is 87.2 cm³/mol. The Morgan fingerprint density at radius 1 is 1.32 bits per heavy atom. The van der Waals surface area contributed by atoms with E-state index < -0.39 is 9.84 Å². The fourth-order valence-electron chi connectivity index (χ4n) is 2.27. The molecule has 2 N–H and O–H groups in total. The first-order valence-electron chi connectivity index (χ1n) is 6.80. The van der Waals surface area contributed by atoms with Gasteiger partial charge in [0.25, 0.3) is 5.91 Å². The van der Waals surface area contributed by atoms with Gasteiger partial charge in [0.15, 0.2) is 9.84 Å². The molecular formula is C14H15N3O3S2. The van der Waals surface area contributed by atoms with Crippen LogP contribution in [0, 0.1) is 0 Å². The molecule has 3 rings (SSSR count). The molecule has 2 aromatic heterocycles. The Labute approximate surface area is 132 Å². The second kappa shape index (κ2) is 6.05. The standard InChI is InChI=1S/C14H15N3O3S2/c18-14(12-2-1-6-21-12)17-10-3-4-13(15-8-10)16-11-5-7-22(19,20)9-11/h1-4,6,8,11H,5,7,9H2,(H,15,16)(H,17,18). The van der Waals surface area contributed by atoms with Crippen molar-refractivity contribution >= 4 is 38.6 Å². The second-order valence-electron chi connectivity index (χ2n) is 5.11. The molecule has 1 saturated heterocycles. The van der Waals surface area contributed by atoms with Crippen LogP contribution in [0.15, 0.2) is 35.8 Å². The molecule has 22 heavy (non-hydrogen) atoms. The second-order valence-corrected chi connectivity index (χ2v) is 8.28. The molecule has 1 fully saturated rings. The van der Waals surface area contributed by atoms with Gasteiger partial charge in [0.05, 0.1) is 28.3 Å². The summed E-state index contributed by atoms with van der Waals surface area (Å²) in [7, 11) is -2.91. The number of carbonyl (C=O) groups is 1. The lowest BCUT2D eigenvalue weighted by Gasteiger charge is -2.11. The fourth-order valence-corrected chi connectivity index (χ4v) is 4.56. The Balaban J connectivity index is 1.60. The van der Waals surface area contributed by atoms with Crippen molar-refractivity contribution in [3.05, 3.63) is 40.7 Å². The minimum absolute atomic E-state index is 0.0935. The van der Waals surface area contributed by atoms with Crippen LogP contribution in [0.1, 0.15) is 16.1 Å². The van der Waals surface area contributed by atoms with Gasteiger partial charge in [-0.3, -0.25) is 4.79 Å². The summed E-state index contributed by atoms with van der Waals surface area (Å²) in [6, 6.07) is 6.95. The van der Waals surface area contributed by atoms with Crippen molar-refractivity contribution in [2.75, 3.05) is 22.1 Å². The molecule has 1 aliphatic rings. The van der Waals surface area contributed by atoms with E-state index in [4.69, 9.17) is 0 Å². The summed E-state index contributed by atoms with van der Waals surface area (Å²) in [6.45, 7) is 0. The Hall–Kier alpha value is -1.93. The molecule has 1 amide bonds. The van der Waals surface area contributed by atoms with Gasteiger partial charge in [-0.25, -0.2) is 13.4 Å². The molecule has 0 bridgehead atoms. The Morgan fingerprint density at radius 2 is 2.18 bits per heavy atom. The Morgan fingerprint density at radius 3 is 2.77 bits per heavy atom. The fraction of sp³-hybridized carbons (Fsp3) is 0.286. The average molecular weight is 337 g/mol. The van der Waals surface area contributed by atoms with Crippen LogP contribution in [0.25, 0.3) is 0 Å². The van der Waals surface area contributed by atoms with E-state index in [0.717, 1.165) is 0 Å². The predicted octanol–water partition coefficient (Wildman–Crippen LogP) is 1.99. The van der Waals surface area contributed by atoms with Crippen LogP contribution in [-0.2, 0) is 9.84 Å². The molecule has 1 unspecified atom stereocenters. The minimum Gasteiger partial charge on any atom is -0.366 e. The molecule has 0 aliphatic carbocycles. The third kappa shape index (κ3) is 3.63. The third-order valence-corrected chi connectivity index (χ3v) is 5.99. The van der Waals surface area contributed by atoms with Crippen LogP contribution in [0.4, 0.5) is 11.5 Å². The lowest BCUT2D eigenvalue weighted by atomic mass is 10.2. The first kappa shape index (κ1) is 15.0. The van der Waals surface area contributed by atoms with Crippen molar-refractivity contribution in [2.24, 2.45) is 0 Å². The van der Waals surface area contributed by atoms with Crippen LogP contribution < -0.4 is 10.6 Å². The summed E-state index contributed by atoms with van der Waals surface area (Å²) in [5.41, 5.74) is 0.600. The molecule has 0 aromatic carbocycles. The van der Waals surface area contributed by atoms with E-state index in [1.807, 2.05) is 11.4 Å². The summed E-state index contributed by atoms with van der Waals surface area (Å²) in [5.74, 6) is 0.807. The van der Waals surface area contributed by atoms with Crippen LogP contribution >= 0.6 is 11.3 Å². The maximum Gasteiger partial charge on any atom is 0.265 e. The molecule has 6 nitrogen and oxygen atoms in total. The highest BCUT2D eigenvalue weighted by molar-refractivity contribution is 7.91. The Bertz CT molecular complexity index is 755. The Kier molecular flexibility index (Phi) is 4.12. The monoisotopic (exact) mass is 337 g/mol. The summed E-state index contributed by atoms with van der Waals surface area (Å²) in [6.07, 6.45) is 2.15. The van der Waals surface area contributed by atoms with Crippen molar-refractivity contribution in [3.63, 3.8) is 0 Å². The molecule has 0 saturated carbocycles.